The van der Waals surface area contributed by atoms with Gasteiger partial charge < -0.3 is 15.4 Å². The lowest BCUT2D eigenvalue weighted by Gasteiger charge is -2.14. The fourth-order valence-corrected chi connectivity index (χ4v) is 3.37. The molecule has 2 aromatic carbocycles. The van der Waals surface area contributed by atoms with E-state index in [2.05, 4.69) is 16.7 Å². The molecule has 0 aliphatic heterocycles. The summed E-state index contributed by atoms with van der Waals surface area (Å²) in [6.45, 7) is 3.72. The molecule has 0 fully saturated rings. The Morgan fingerprint density at radius 2 is 1.89 bits per heavy atom. The Morgan fingerprint density at radius 3 is 2.68 bits per heavy atom. The predicted octanol–water partition coefficient (Wildman–Crippen LogP) is 4.99. The third-order valence-corrected chi connectivity index (χ3v) is 4.99. The second-order valence-electron chi connectivity index (χ2n) is 7.35. The Hall–Kier alpha value is -2.59. The lowest BCUT2D eigenvalue weighted by atomic mass is 9.97. The monoisotopic (exact) mass is 378 g/mol. The van der Waals surface area contributed by atoms with Crippen molar-refractivity contribution in [2.75, 3.05) is 18.5 Å². The van der Waals surface area contributed by atoms with E-state index in [0.29, 0.717) is 0 Å². The Balaban J connectivity index is 1.44. The first-order valence-corrected chi connectivity index (χ1v) is 10.2. The van der Waals surface area contributed by atoms with Gasteiger partial charge in [0.15, 0.2) is 6.61 Å². The predicted molar refractivity (Wildman–Crippen MR) is 115 cm³/mol. The van der Waals surface area contributed by atoms with Crippen molar-refractivity contribution in [3.05, 3.63) is 71.3 Å². The number of amides is 1. The summed E-state index contributed by atoms with van der Waals surface area (Å²) in [5.41, 5.74) is 4.60. The minimum Gasteiger partial charge on any atom is -0.483 e. The maximum absolute atomic E-state index is 12.2. The molecule has 0 unspecified atom stereocenters. The molecule has 0 heterocycles. The van der Waals surface area contributed by atoms with Gasteiger partial charge in [-0.2, -0.15) is 0 Å². The number of hydrogen-bond acceptors (Lipinski definition) is 3. The van der Waals surface area contributed by atoms with Gasteiger partial charge in [-0.25, -0.2) is 0 Å². The lowest BCUT2D eigenvalue weighted by molar-refractivity contribution is -0.118. The second kappa shape index (κ2) is 10.7. The first-order chi connectivity index (χ1) is 13.7. The number of carbonyl (C=O) groups is 1. The molecule has 1 aliphatic rings. The maximum atomic E-state index is 12.2. The number of hydrogen-bond donors (Lipinski definition) is 2. The molecule has 1 aliphatic carbocycles. The summed E-state index contributed by atoms with van der Waals surface area (Å²) in [6.07, 6.45) is 8.65. The molecule has 2 N–H and O–H groups in total. The zero-order chi connectivity index (χ0) is 19.6. The fraction of sp³-hybridized carbons (Fsp3) is 0.375. The molecule has 4 nitrogen and oxygen atoms in total. The summed E-state index contributed by atoms with van der Waals surface area (Å²) in [6, 6.07) is 15.6. The number of nitrogens with one attached hydrogen (secondary N) is 2. The zero-order valence-electron chi connectivity index (χ0n) is 16.7. The van der Waals surface area contributed by atoms with Crippen molar-refractivity contribution in [1.29, 1.82) is 0 Å². The van der Waals surface area contributed by atoms with E-state index < -0.39 is 0 Å². The molecule has 0 saturated carbocycles. The van der Waals surface area contributed by atoms with Crippen LogP contribution in [0.25, 0.3) is 0 Å². The largest absolute Gasteiger partial charge is 0.483 e. The molecule has 0 spiro atoms. The Bertz CT molecular complexity index is 797. The maximum Gasteiger partial charge on any atom is 0.262 e. The molecule has 3 rings (SSSR count). The average molecular weight is 379 g/mol. The number of rotatable bonds is 9. The van der Waals surface area contributed by atoms with Gasteiger partial charge in [0.1, 0.15) is 5.75 Å². The quantitative estimate of drug-likeness (QED) is 0.477. The Kier molecular flexibility index (Phi) is 7.68. The molecule has 148 valence electrons. The van der Waals surface area contributed by atoms with Gasteiger partial charge in [-0.1, -0.05) is 47.5 Å². The van der Waals surface area contributed by atoms with Crippen LogP contribution in [0.2, 0.25) is 0 Å². The van der Waals surface area contributed by atoms with E-state index in [0.717, 1.165) is 42.1 Å². The van der Waals surface area contributed by atoms with Crippen molar-refractivity contribution < 1.29 is 9.53 Å². The molecule has 4 heteroatoms. The second-order valence-corrected chi connectivity index (χ2v) is 7.35. The van der Waals surface area contributed by atoms with E-state index in [-0.39, 0.29) is 12.5 Å². The molecular formula is C24H30N2O2. The van der Waals surface area contributed by atoms with Crippen molar-refractivity contribution in [3.63, 3.8) is 0 Å². The topological polar surface area (TPSA) is 50.4 Å². The molecular weight excluding hydrogens is 348 g/mol. The van der Waals surface area contributed by atoms with Gasteiger partial charge in [0.25, 0.3) is 5.91 Å². The van der Waals surface area contributed by atoms with Crippen molar-refractivity contribution in [2.45, 2.75) is 45.6 Å². The van der Waals surface area contributed by atoms with Gasteiger partial charge in [0, 0.05) is 17.8 Å². The van der Waals surface area contributed by atoms with Crippen LogP contribution in [-0.2, 0) is 11.3 Å². The molecule has 0 bridgehead atoms. The number of aryl methyl sites for hydroxylation is 1. The Morgan fingerprint density at radius 1 is 1.07 bits per heavy atom. The van der Waals surface area contributed by atoms with E-state index in [1.807, 2.05) is 55.5 Å². The SMILES string of the molecule is Cc1ccc(NC(=O)COc2ccccc2CNCCC2=CCCCC2)cc1. The van der Waals surface area contributed by atoms with E-state index in [4.69, 9.17) is 4.74 Å². The van der Waals surface area contributed by atoms with E-state index in [1.54, 1.807) is 5.57 Å². The van der Waals surface area contributed by atoms with Crippen LogP contribution in [0.5, 0.6) is 5.75 Å². The molecule has 0 aromatic heterocycles. The number of anilines is 1. The van der Waals surface area contributed by atoms with Crippen molar-refractivity contribution in [1.82, 2.24) is 5.32 Å². The first kappa shape index (κ1) is 20.2. The van der Waals surface area contributed by atoms with Gasteiger partial charge in [0.2, 0.25) is 0 Å². The summed E-state index contributed by atoms with van der Waals surface area (Å²) >= 11 is 0. The summed E-state index contributed by atoms with van der Waals surface area (Å²) < 4.78 is 5.78. The average Bonchev–Trinajstić information content (AvgIpc) is 2.73. The highest BCUT2D eigenvalue weighted by molar-refractivity contribution is 5.91. The highest BCUT2D eigenvalue weighted by atomic mass is 16.5. The van der Waals surface area contributed by atoms with Gasteiger partial charge in [-0.05, 0) is 63.8 Å². The third kappa shape index (κ3) is 6.54. The van der Waals surface area contributed by atoms with Crippen LogP contribution in [0.1, 0.15) is 43.2 Å². The number of para-hydroxylation sites is 1. The molecule has 2 aromatic rings. The van der Waals surface area contributed by atoms with Crippen LogP contribution in [0.4, 0.5) is 5.69 Å². The number of allylic oxidation sites excluding steroid dienone is 1. The standard InChI is InChI=1S/C24H30N2O2/c1-19-11-13-22(14-12-19)26-24(27)18-28-23-10-6-5-9-21(23)17-25-16-15-20-7-3-2-4-8-20/h5-7,9-14,25H,2-4,8,15-18H2,1H3,(H,26,27). The molecule has 0 radical (unpaired) electrons. The number of benzene rings is 2. The zero-order valence-corrected chi connectivity index (χ0v) is 16.7. The number of carbonyl (C=O) groups excluding carboxylic acids is 1. The fourth-order valence-electron chi connectivity index (χ4n) is 3.37. The molecule has 1 amide bonds. The summed E-state index contributed by atoms with van der Waals surface area (Å²) in [4.78, 5) is 12.2. The molecule has 28 heavy (non-hydrogen) atoms. The molecule has 0 atom stereocenters. The van der Waals surface area contributed by atoms with Gasteiger partial charge in [-0.15, -0.1) is 0 Å². The van der Waals surface area contributed by atoms with Gasteiger partial charge >= 0.3 is 0 Å². The van der Waals surface area contributed by atoms with E-state index in [9.17, 15) is 4.79 Å². The lowest BCUT2D eigenvalue weighted by Crippen LogP contribution is -2.21. The van der Waals surface area contributed by atoms with E-state index in [1.165, 1.54) is 25.7 Å². The number of ether oxygens (including phenoxy) is 1. The third-order valence-electron chi connectivity index (χ3n) is 4.99. The Labute approximate surface area is 168 Å². The summed E-state index contributed by atoms with van der Waals surface area (Å²) in [5, 5.41) is 6.36. The highest BCUT2D eigenvalue weighted by Crippen LogP contribution is 2.20. The van der Waals surface area contributed by atoms with Crippen LogP contribution in [0.3, 0.4) is 0 Å². The van der Waals surface area contributed by atoms with Crippen LogP contribution in [0.15, 0.2) is 60.2 Å². The van der Waals surface area contributed by atoms with Crippen LogP contribution in [0, 0.1) is 6.92 Å². The van der Waals surface area contributed by atoms with Crippen LogP contribution in [-0.4, -0.2) is 19.1 Å². The summed E-state index contributed by atoms with van der Waals surface area (Å²) in [5.74, 6) is 0.599. The normalized spacial score (nSPS) is 13.7. The van der Waals surface area contributed by atoms with Crippen LogP contribution < -0.4 is 15.4 Å². The van der Waals surface area contributed by atoms with Gasteiger partial charge in [-0.3, -0.25) is 4.79 Å². The smallest absolute Gasteiger partial charge is 0.262 e. The van der Waals surface area contributed by atoms with Crippen molar-refractivity contribution in [3.8, 4) is 5.75 Å². The van der Waals surface area contributed by atoms with E-state index >= 15 is 0 Å². The minimum absolute atomic E-state index is 0.00221. The molecule has 0 saturated heterocycles. The first-order valence-electron chi connectivity index (χ1n) is 10.2. The summed E-state index contributed by atoms with van der Waals surface area (Å²) in [7, 11) is 0. The van der Waals surface area contributed by atoms with Crippen molar-refractivity contribution >= 4 is 11.6 Å². The highest BCUT2D eigenvalue weighted by Gasteiger charge is 2.08. The van der Waals surface area contributed by atoms with Crippen molar-refractivity contribution in [2.24, 2.45) is 0 Å². The minimum atomic E-state index is -0.157. The van der Waals surface area contributed by atoms with Gasteiger partial charge in [0.05, 0.1) is 0 Å². The van der Waals surface area contributed by atoms with Crippen LogP contribution >= 0.6 is 0 Å².